The van der Waals surface area contributed by atoms with Gasteiger partial charge in [-0.3, -0.25) is 0 Å². The molecule has 0 unspecified atom stereocenters. The normalized spacial score (nSPS) is 10.3. The van der Waals surface area contributed by atoms with Gasteiger partial charge in [0.25, 0.3) is 0 Å². The third-order valence-electron chi connectivity index (χ3n) is 1.61. The second-order valence-corrected chi connectivity index (χ2v) is 2.22. The first-order chi connectivity index (χ1) is 4.79. The lowest BCUT2D eigenvalue weighted by molar-refractivity contribution is 0.390. The van der Waals surface area contributed by atoms with Crippen LogP contribution in [0.15, 0.2) is 4.52 Å². The number of rotatable bonds is 2. The minimum absolute atomic E-state index is 0.473. The molecule has 3 heteroatoms. The summed E-state index contributed by atoms with van der Waals surface area (Å²) in [6, 6.07) is 0. The molecule has 1 aromatic rings. The molecule has 10 heavy (non-hydrogen) atoms. The predicted molar refractivity (Wildman–Crippen MR) is 38.5 cm³/mol. The van der Waals surface area contributed by atoms with Crippen LogP contribution in [0.3, 0.4) is 0 Å². The van der Waals surface area contributed by atoms with Crippen molar-refractivity contribution in [3.8, 4) is 0 Å². The molecule has 1 aromatic heterocycles. The van der Waals surface area contributed by atoms with E-state index in [0.29, 0.717) is 6.54 Å². The number of aryl methyl sites for hydroxylation is 1. The first kappa shape index (κ1) is 7.28. The molecule has 0 amide bonds. The van der Waals surface area contributed by atoms with Crippen molar-refractivity contribution < 1.29 is 4.52 Å². The predicted octanol–water partition coefficient (Wildman–Crippen LogP) is 1.00. The van der Waals surface area contributed by atoms with Gasteiger partial charge in [0, 0.05) is 12.1 Å². The van der Waals surface area contributed by atoms with Gasteiger partial charge in [0.05, 0.1) is 0 Å². The van der Waals surface area contributed by atoms with Crippen LogP contribution >= 0.6 is 0 Å². The molecule has 0 atom stereocenters. The van der Waals surface area contributed by atoms with Crippen molar-refractivity contribution in [3.05, 3.63) is 17.0 Å². The molecule has 2 N–H and O–H groups in total. The van der Waals surface area contributed by atoms with Gasteiger partial charge in [0.1, 0.15) is 11.5 Å². The molecule has 56 valence electrons. The van der Waals surface area contributed by atoms with E-state index in [1.807, 2.05) is 6.92 Å². The number of nitrogens with two attached hydrogens (primary N) is 1. The van der Waals surface area contributed by atoms with Gasteiger partial charge < -0.3 is 10.3 Å². The third-order valence-corrected chi connectivity index (χ3v) is 1.61. The second kappa shape index (κ2) is 2.84. The molecule has 0 spiro atoms. The second-order valence-electron chi connectivity index (χ2n) is 2.22. The zero-order chi connectivity index (χ0) is 7.56. The quantitative estimate of drug-likeness (QED) is 0.666. The zero-order valence-corrected chi connectivity index (χ0v) is 6.35. The monoisotopic (exact) mass is 140 g/mol. The average molecular weight is 140 g/mol. The van der Waals surface area contributed by atoms with Crippen LogP contribution in [0.25, 0.3) is 0 Å². The lowest BCUT2D eigenvalue weighted by atomic mass is 10.1. The molecule has 0 radical (unpaired) electrons. The van der Waals surface area contributed by atoms with Crippen LogP contribution in [0.5, 0.6) is 0 Å². The highest BCUT2D eigenvalue weighted by atomic mass is 16.5. The van der Waals surface area contributed by atoms with Gasteiger partial charge in [-0.15, -0.1) is 0 Å². The van der Waals surface area contributed by atoms with Crippen LogP contribution in [0.1, 0.15) is 23.9 Å². The SMILES string of the molecule is CCc1c(CN)noc1C. The molecule has 1 heterocycles. The topological polar surface area (TPSA) is 52.0 Å². The summed E-state index contributed by atoms with van der Waals surface area (Å²) < 4.78 is 4.95. The van der Waals surface area contributed by atoms with Crippen molar-refractivity contribution in [1.82, 2.24) is 5.16 Å². The lowest BCUT2D eigenvalue weighted by Crippen LogP contribution is -1.99. The number of hydrogen-bond donors (Lipinski definition) is 1. The smallest absolute Gasteiger partial charge is 0.137 e. The fraction of sp³-hybridized carbons (Fsp3) is 0.571. The number of nitrogens with zero attached hydrogens (tertiary/aromatic N) is 1. The third kappa shape index (κ3) is 1.04. The van der Waals surface area contributed by atoms with Gasteiger partial charge in [0.15, 0.2) is 0 Å². The Morgan fingerprint density at radius 3 is 2.70 bits per heavy atom. The molecular formula is C7H12N2O. The van der Waals surface area contributed by atoms with Crippen molar-refractivity contribution in [2.75, 3.05) is 0 Å². The summed E-state index contributed by atoms with van der Waals surface area (Å²) in [5.41, 5.74) is 7.46. The van der Waals surface area contributed by atoms with Crippen LogP contribution in [-0.2, 0) is 13.0 Å². The maximum Gasteiger partial charge on any atom is 0.137 e. The lowest BCUT2D eigenvalue weighted by Gasteiger charge is -1.92. The van der Waals surface area contributed by atoms with Crippen molar-refractivity contribution in [1.29, 1.82) is 0 Å². The van der Waals surface area contributed by atoms with Gasteiger partial charge >= 0.3 is 0 Å². The van der Waals surface area contributed by atoms with Crippen LogP contribution < -0.4 is 5.73 Å². The molecular weight excluding hydrogens is 128 g/mol. The highest BCUT2D eigenvalue weighted by Crippen LogP contribution is 2.12. The van der Waals surface area contributed by atoms with Gasteiger partial charge in [-0.1, -0.05) is 12.1 Å². The molecule has 0 bridgehead atoms. The Kier molecular flexibility index (Phi) is 2.06. The molecule has 0 aliphatic carbocycles. The average Bonchev–Trinajstić information content (AvgIpc) is 2.30. The van der Waals surface area contributed by atoms with E-state index in [2.05, 4.69) is 12.1 Å². The van der Waals surface area contributed by atoms with Crippen molar-refractivity contribution in [2.24, 2.45) is 5.73 Å². The van der Waals surface area contributed by atoms with E-state index in [1.165, 1.54) is 0 Å². The molecule has 0 fully saturated rings. The van der Waals surface area contributed by atoms with Gasteiger partial charge in [0.2, 0.25) is 0 Å². The molecule has 0 aliphatic heterocycles. The van der Waals surface area contributed by atoms with Crippen molar-refractivity contribution in [3.63, 3.8) is 0 Å². The molecule has 1 rings (SSSR count). The fourth-order valence-electron chi connectivity index (χ4n) is 1.05. The first-order valence-electron chi connectivity index (χ1n) is 3.43. The van der Waals surface area contributed by atoms with Gasteiger partial charge in [-0.05, 0) is 13.3 Å². The number of hydrogen-bond acceptors (Lipinski definition) is 3. The summed E-state index contributed by atoms with van der Waals surface area (Å²) in [6.07, 6.45) is 0.946. The zero-order valence-electron chi connectivity index (χ0n) is 6.35. The maximum atomic E-state index is 5.42. The Morgan fingerprint density at radius 1 is 1.60 bits per heavy atom. The summed E-state index contributed by atoms with van der Waals surface area (Å²) in [6.45, 7) is 4.45. The maximum absolute atomic E-state index is 5.42. The minimum Gasteiger partial charge on any atom is -0.361 e. The molecule has 0 aliphatic rings. The van der Waals surface area contributed by atoms with E-state index in [-0.39, 0.29) is 0 Å². The summed E-state index contributed by atoms with van der Waals surface area (Å²) in [7, 11) is 0. The van der Waals surface area contributed by atoms with E-state index >= 15 is 0 Å². The summed E-state index contributed by atoms with van der Waals surface area (Å²) in [5, 5.41) is 3.81. The van der Waals surface area contributed by atoms with E-state index in [9.17, 15) is 0 Å². The van der Waals surface area contributed by atoms with Crippen LogP contribution in [-0.4, -0.2) is 5.16 Å². The minimum atomic E-state index is 0.473. The Hall–Kier alpha value is -0.830. The highest BCUT2D eigenvalue weighted by Gasteiger charge is 2.07. The van der Waals surface area contributed by atoms with E-state index < -0.39 is 0 Å². The van der Waals surface area contributed by atoms with E-state index in [1.54, 1.807) is 0 Å². The van der Waals surface area contributed by atoms with Gasteiger partial charge in [-0.2, -0.15) is 0 Å². The molecule has 0 aromatic carbocycles. The highest BCUT2D eigenvalue weighted by molar-refractivity contribution is 5.21. The number of aromatic nitrogens is 1. The Labute approximate surface area is 60.2 Å². The van der Waals surface area contributed by atoms with E-state index in [4.69, 9.17) is 10.3 Å². The van der Waals surface area contributed by atoms with E-state index in [0.717, 1.165) is 23.4 Å². The van der Waals surface area contributed by atoms with Crippen LogP contribution in [0, 0.1) is 6.92 Å². The summed E-state index contributed by atoms with van der Waals surface area (Å²) in [4.78, 5) is 0. The van der Waals surface area contributed by atoms with Crippen LogP contribution in [0.2, 0.25) is 0 Å². The summed E-state index contributed by atoms with van der Waals surface area (Å²) in [5.74, 6) is 0.892. The van der Waals surface area contributed by atoms with Gasteiger partial charge in [-0.25, -0.2) is 0 Å². The van der Waals surface area contributed by atoms with Crippen LogP contribution in [0.4, 0.5) is 0 Å². The molecule has 0 saturated carbocycles. The Balaban J connectivity index is 3.01. The Bertz CT molecular complexity index is 217. The fourth-order valence-corrected chi connectivity index (χ4v) is 1.05. The van der Waals surface area contributed by atoms with Crippen molar-refractivity contribution in [2.45, 2.75) is 26.8 Å². The standard InChI is InChI=1S/C7H12N2O/c1-3-6-5(2)10-9-7(6)4-8/h3-4,8H2,1-2H3. The Morgan fingerprint density at radius 2 is 2.30 bits per heavy atom. The molecule has 0 saturated heterocycles. The molecule has 3 nitrogen and oxygen atoms in total. The first-order valence-corrected chi connectivity index (χ1v) is 3.43. The summed E-state index contributed by atoms with van der Waals surface area (Å²) >= 11 is 0. The van der Waals surface area contributed by atoms with Crippen molar-refractivity contribution >= 4 is 0 Å². The largest absolute Gasteiger partial charge is 0.361 e.